The molecule has 3 aromatic rings. The Labute approximate surface area is 165 Å². The number of carbonyl (C=O) groups excluding carboxylic acids is 1. The van der Waals surface area contributed by atoms with Gasteiger partial charge in [-0.2, -0.15) is 0 Å². The lowest BCUT2D eigenvalue weighted by atomic mass is 9.99. The molecule has 0 spiro atoms. The minimum atomic E-state index is -3.30. The van der Waals surface area contributed by atoms with Crippen LogP contribution in [0.1, 0.15) is 21.5 Å². The average Bonchev–Trinajstić information content (AvgIpc) is 2.89. The quantitative estimate of drug-likeness (QED) is 0.658. The fraction of sp³-hybridized carbons (Fsp3) is 0.211. The lowest BCUT2D eigenvalue weighted by Gasteiger charge is -2.15. The molecule has 1 atom stereocenters. The molecule has 6 nitrogen and oxygen atoms in total. The molecule has 1 amide bonds. The minimum Gasteiger partial charge on any atom is -0.295 e. The molecule has 0 N–H and O–H groups in total. The van der Waals surface area contributed by atoms with Crippen molar-refractivity contribution in [1.82, 2.24) is 20.2 Å². The second kappa shape index (κ2) is 7.17. The third-order valence-electron chi connectivity index (χ3n) is 3.56. The Morgan fingerprint density at radius 2 is 2.08 bits per heavy atom. The number of halogens is 1. The summed E-state index contributed by atoms with van der Waals surface area (Å²) in [5.41, 5.74) is 0.767. The number of amides is 1. The molecule has 0 unspecified atom stereocenters. The van der Waals surface area contributed by atoms with E-state index in [0.717, 1.165) is 6.20 Å². The van der Waals surface area contributed by atoms with Gasteiger partial charge in [-0.25, -0.2) is 4.98 Å². The molecule has 1 fully saturated rings. The van der Waals surface area contributed by atoms with Gasteiger partial charge < -0.3 is 0 Å². The van der Waals surface area contributed by atoms with Crippen molar-refractivity contribution in [2.24, 2.45) is 5.89 Å². The summed E-state index contributed by atoms with van der Waals surface area (Å²) in [5.74, 6) is -5.01. The smallest absolute Gasteiger partial charge is 0.231 e. The summed E-state index contributed by atoms with van der Waals surface area (Å²) < 4.78 is 59.2. The first kappa shape index (κ1) is 10.3. The Kier molecular flexibility index (Phi) is 2.85. The van der Waals surface area contributed by atoms with E-state index < -0.39 is 31.0 Å². The molecule has 0 radical (unpaired) electrons. The van der Waals surface area contributed by atoms with Crippen LogP contribution in [0.15, 0.2) is 55.0 Å². The highest BCUT2D eigenvalue weighted by Gasteiger charge is 2.33. The molecule has 0 aromatic carbocycles. The molecular formula is C19H16ClN5O. The molecular weight excluding hydrogens is 350 g/mol. The first-order valence-corrected chi connectivity index (χ1v) is 7.94. The number of carbonyl (C=O) groups is 1. The van der Waals surface area contributed by atoms with E-state index in [1.54, 1.807) is 24.5 Å². The van der Waals surface area contributed by atoms with Crippen molar-refractivity contribution < 1.29 is 14.4 Å². The second-order valence-electron chi connectivity index (χ2n) is 5.26. The van der Waals surface area contributed by atoms with Gasteiger partial charge in [0.05, 0.1) is 5.69 Å². The van der Waals surface area contributed by atoms with Gasteiger partial charge >= 0.3 is 0 Å². The van der Waals surface area contributed by atoms with E-state index in [-0.39, 0.29) is 16.5 Å². The SMILES string of the molecule is [2H]C1([2H])N(c2ccc(-c3ccncc3)nn2)C(=O)[C@]([2H])(C([2H])([2H])c2ccc(Cl)nc2)C1([2H])[2H]. The van der Waals surface area contributed by atoms with Crippen molar-refractivity contribution in [3.05, 3.63) is 65.7 Å². The Balaban J connectivity index is 1.80. The van der Waals surface area contributed by atoms with Crippen LogP contribution in [-0.2, 0) is 11.2 Å². The summed E-state index contributed by atoms with van der Waals surface area (Å²) in [6, 6.07) is 8.48. The van der Waals surface area contributed by atoms with Crippen LogP contribution >= 0.6 is 11.6 Å². The van der Waals surface area contributed by atoms with Crippen LogP contribution in [0.2, 0.25) is 5.15 Å². The van der Waals surface area contributed by atoms with Crippen LogP contribution in [0, 0.1) is 5.89 Å². The zero-order valence-corrected chi connectivity index (χ0v) is 14.0. The van der Waals surface area contributed by atoms with Crippen LogP contribution in [-0.4, -0.2) is 32.6 Å². The Hall–Kier alpha value is -2.86. The number of aromatic nitrogens is 4. The van der Waals surface area contributed by atoms with Gasteiger partial charge in [-0.3, -0.25) is 14.7 Å². The third kappa shape index (κ3) is 3.41. The van der Waals surface area contributed by atoms with Crippen LogP contribution in [0.25, 0.3) is 11.3 Å². The van der Waals surface area contributed by atoms with Gasteiger partial charge in [0.25, 0.3) is 0 Å². The highest BCUT2D eigenvalue weighted by molar-refractivity contribution is 6.29. The lowest BCUT2D eigenvalue weighted by molar-refractivity contribution is -0.120. The zero-order valence-electron chi connectivity index (χ0n) is 20.2. The highest BCUT2D eigenvalue weighted by atomic mass is 35.5. The number of hydrogen-bond acceptors (Lipinski definition) is 5. The van der Waals surface area contributed by atoms with Crippen LogP contribution < -0.4 is 4.90 Å². The maximum atomic E-state index is 13.4. The molecule has 130 valence electrons. The average molecular weight is 373 g/mol. The van der Waals surface area contributed by atoms with Gasteiger partial charge in [0, 0.05) is 46.1 Å². The molecule has 3 aromatic heterocycles. The largest absolute Gasteiger partial charge is 0.295 e. The predicted octanol–water partition coefficient (Wildman–Crippen LogP) is 3.18. The molecule has 1 aliphatic heterocycles. The maximum absolute atomic E-state index is 13.4. The van der Waals surface area contributed by atoms with Crippen LogP contribution in [0.3, 0.4) is 0 Å². The zero-order chi connectivity index (χ0) is 24.2. The topological polar surface area (TPSA) is 71.9 Å². The van der Waals surface area contributed by atoms with E-state index in [9.17, 15) is 4.79 Å². The number of pyridine rings is 2. The summed E-state index contributed by atoms with van der Waals surface area (Å²) in [4.78, 5) is 21.4. The molecule has 7 heteroatoms. The lowest BCUT2D eigenvalue weighted by Crippen LogP contribution is -2.28. The summed E-state index contributed by atoms with van der Waals surface area (Å²) in [6.07, 6.45) is -2.19. The molecule has 0 aliphatic carbocycles. The normalized spacial score (nSPS) is 28.1. The van der Waals surface area contributed by atoms with Crippen LogP contribution in [0.5, 0.6) is 0 Å². The third-order valence-corrected chi connectivity index (χ3v) is 3.79. The fourth-order valence-corrected chi connectivity index (χ4v) is 2.40. The van der Waals surface area contributed by atoms with Crippen molar-refractivity contribution in [2.75, 3.05) is 11.4 Å². The molecule has 4 rings (SSSR count). The van der Waals surface area contributed by atoms with E-state index in [1.165, 1.54) is 24.3 Å². The van der Waals surface area contributed by atoms with Gasteiger partial charge in [0.2, 0.25) is 5.91 Å². The van der Waals surface area contributed by atoms with Gasteiger partial charge in [-0.05, 0) is 48.6 Å². The van der Waals surface area contributed by atoms with Crippen molar-refractivity contribution >= 4 is 23.3 Å². The molecule has 26 heavy (non-hydrogen) atoms. The van der Waals surface area contributed by atoms with Crippen molar-refractivity contribution in [2.45, 2.75) is 12.7 Å². The summed E-state index contributed by atoms with van der Waals surface area (Å²) in [5, 5.41) is 7.89. The Morgan fingerprint density at radius 1 is 1.23 bits per heavy atom. The first-order chi connectivity index (χ1) is 15.4. The van der Waals surface area contributed by atoms with Gasteiger partial charge in [-0.1, -0.05) is 17.7 Å². The molecule has 1 saturated heterocycles. The van der Waals surface area contributed by atoms with E-state index >= 15 is 0 Å². The second-order valence-corrected chi connectivity index (χ2v) is 5.65. The van der Waals surface area contributed by atoms with Gasteiger partial charge in [-0.15, -0.1) is 10.2 Å². The molecule has 4 heterocycles. The monoisotopic (exact) mass is 372 g/mol. The van der Waals surface area contributed by atoms with E-state index in [1.807, 2.05) is 0 Å². The predicted molar refractivity (Wildman–Crippen MR) is 98.7 cm³/mol. The number of anilines is 1. The Bertz CT molecular complexity index is 1200. The van der Waals surface area contributed by atoms with Crippen molar-refractivity contribution in [1.29, 1.82) is 0 Å². The number of nitrogens with zero attached hydrogens (tertiary/aromatic N) is 5. The number of rotatable bonds is 4. The van der Waals surface area contributed by atoms with E-state index in [2.05, 4.69) is 20.2 Å². The summed E-state index contributed by atoms with van der Waals surface area (Å²) in [7, 11) is 0. The minimum absolute atomic E-state index is 0.0378. The van der Waals surface area contributed by atoms with Gasteiger partial charge in [0.1, 0.15) is 5.15 Å². The fourth-order valence-electron chi connectivity index (χ4n) is 2.29. The molecule has 0 saturated carbocycles. The Morgan fingerprint density at radius 3 is 2.77 bits per heavy atom. The molecule has 0 bridgehead atoms. The van der Waals surface area contributed by atoms with Crippen molar-refractivity contribution in [3.63, 3.8) is 0 Å². The summed E-state index contributed by atoms with van der Waals surface area (Å²) in [6.45, 7) is -3.12. The van der Waals surface area contributed by atoms with Gasteiger partial charge in [0.15, 0.2) is 5.82 Å². The molecule has 1 aliphatic rings. The van der Waals surface area contributed by atoms with Crippen LogP contribution in [0.4, 0.5) is 5.82 Å². The highest BCUT2D eigenvalue weighted by Crippen LogP contribution is 2.27. The van der Waals surface area contributed by atoms with E-state index in [0.29, 0.717) is 16.2 Å². The van der Waals surface area contributed by atoms with Crippen molar-refractivity contribution in [3.8, 4) is 11.3 Å². The standard InChI is InChI=1S/C19H16ClN5O/c20-17-3-1-13(12-22-17)11-15-7-10-25(19(15)26)18-4-2-16(23-24-18)14-5-8-21-9-6-14/h1-6,8-9,12,15H,7,10-11H2/t15-/m0/s1/i7D2,10D2,11D2,15D. The first-order valence-electron chi connectivity index (χ1n) is 11.1. The maximum Gasteiger partial charge on any atom is 0.231 e. The van der Waals surface area contributed by atoms with E-state index in [4.69, 9.17) is 21.2 Å². The number of hydrogen-bond donors (Lipinski definition) is 0. The summed E-state index contributed by atoms with van der Waals surface area (Å²) >= 11 is 5.74.